The number of carboxylic acid groups (broad SMARTS) is 2. The van der Waals surface area contributed by atoms with Crippen molar-refractivity contribution in [2.45, 2.75) is 128 Å². The molecule has 0 atom stereocenters. The smallest absolute Gasteiger partial charge is 0.322 e. The third-order valence-electron chi connectivity index (χ3n) is 5.48. The number of aliphatic carboxylic acids is 2. The van der Waals surface area contributed by atoms with Crippen LogP contribution in [0.5, 0.6) is 0 Å². The standard InChI is InChI=1S/C24H45NO5/c26-22(25-21-24(29)30)19-17-15-13-11-9-7-5-3-1-2-4-6-8-10-12-14-16-18-20-23(27)28/h1-21H2,(H,25,26)(H,27,28)(H,29,30). The Morgan fingerprint density at radius 2 is 0.733 bits per heavy atom. The van der Waals surface area contributed by atoms with Crippen molar-refractivity contribution in [2.75, 3.05) is 6.54 Å². The van der Waals surface area contributed by atoms with Crippen molar-refractivity contribution >= 4 is 17.8 Å². The maximum Gasteiger partial charge on any atom is 0.322 e. The Bertz CT molecular complexity index is 439. The molecule has 0 aromatic rings. The maximum atomic E-state index is 11.4. The van der Waals surface area contributed by atoms with Gasteiger partial charge < -0.3 is 15.5 Å². The van der Waals surface area contributed by atoms with E-state index >= 15 is 0 Å². The van der Waals surface area contributed by atoms with Gasteiger partial charge in [-0.15, -0.1) is 0 Å². The summed E-state index contributed by atoms with van der Waals surface area (Å²) in [4.78, 5) is 32.1. The highest BCUT2D eigenvalue weighted by Crippen LogP contribution is 2.14. The van der Waals surface area contributed by atoms with Gasteiger partial charge in [-0.2, -0.15) is 0 Å². The Morgan fingerprint density at radius 3 is 1.03 bits per heavy atom. The molecule has 176 valence electrons. The third-order valence-corrected chi connectivity index (χ3v) is 5.48. The van der Waals surface area contributed by atoms with Crippen molar-refractivity contribution in [1.82, 2.24) is 5.32 Å². The van der Waals surface area contributed by atoms with Crippen molar-refractivity contribution in [3.05, 3.63) is 0 Å². The minimum Gasteiger partial charge on any atom is -0.481 e. The van der Waals surface area contributed by atoms with Gasteiger partial charge in [-0.1, -0.05) is 103 Å². The zero-order chi connectivity index (χ0) is 22.3. The molecule has 0 fully saturated rings. The number of nitrogens with one attached hydrogen (secondary N) is 1. The molecule has 0 heterocycles. The molecule has 30 heavy (non-hydrogen) atoms. The molecule has 0 unspecified atom stereocenters. The van der Waals surface area contributed by atoms with E-state index in [-0.39, 0.29) is 12.5 Å². The Labute approximate surface area is 183 Å². The van der Waals surface area contributed by atoms with Crippen LogP contribution in [0.1, 0.15) is 128 Å². The predicted molar refractivity (Wildman–Crippen MR) is 121 cm³/mol. The molecule has 0 aliphatic heterocycles. The highest BCUT2D eigenvalue weighted by Gasteiger charge is 2.03. The van der Waals surface area contributed by atoms with Gasteiger partial charge >= 0.3 is 11.9 Å². The summed E-state index contributed by atoms with van der Waals surface area (Å²) < 4.78 is 0. The average molecular weight is 428 g/mol. The zero-order valence-corrected chi connectivity index (χ0v) is 19.0. The summed E-state index contributed by atoms with van der Waals surface area (Å²) in [7, 11) is 0. The number of amides is 1. The molecule has 0 aromatic carbocycles. The Hall–Kier alpha value is -1.59. The lowest BCUT2D eigenvalue weighted by Gasteiger charge is -2.04. The summed E-state index contributed by atoms with van der Waals surface area (Å²) in [5.74, 6) is -1.84. The van der Waals surface area contributed by atoms with Gasteiger partial charge in [-0.3, -0.25) is 14.4 Å². The van der Waals surface area contributed by atoms with Crippen LogP contribution in [0.25, 0.3) is 0 Å². The van der Waals surface area contributed by atoms with E-state index in [0.717, 1.165) is 32.1 Å². The fourth-order valence-corrected chi connectivity index (χ4v) is 3.65. The highest BCUT2D eigenvalue weighted by molar-refractivity contribution is 5.80. The Kier molecular flexibility index (Phi) is 20.9. The number of rotatable bonds is 23. The normalized spacial score (nSPS) is 10.8. The number of unbranched alkanes of at least 4 members (excludes halogenated alkanes) is 17. The second-order valence-electron chi connectivity index (χ2n) is 8.43. The fraction of sp³-hybridized carbons (Fsp3) is 0.875. The van der Waals surface area contributed by atoms with E-state index in [0.29, 0.717) is 12.8 Å². The fourth-order valence-electron chi connectivity index (χ4n) is 3.65. The van der Waals surface area contributed by atoms with Gasteiger partial charge in [-0.25, -0.2) is 0 Å². The van der Waals surface area contributed by atoms with E-state index in [1.807, 2.05) is 0 Å². The molecule has 0 aromatic heterocycles. The molecule has 0 saturated carbocycles. The molecular weight excluding hydrogens is 382 g/mol. The van der Waals surface area contributed by atoms with E-state index in [1.165, 1.54) is 83.5 Å². The number of carboxylic acids is 2. The van der Waals surface area contributed by atoms with E-state index in [4.69, 9.17) is 10.2 Å². The first-order chi connectivity index (χ1) is 14.5. The quantitative estimate of drug-likeness (QED) is 0.172. The SMILES string of the molecule is O=C(O)CCCCCCCCCCCCCCCCCCCCC(=O)NCC(=O)O. The van der Waals surface area contributed by atoms with Crippen LogP contribution in [-0.4, -0.2) is 34.6 Å². The van der Waals surface area contributed by atoms with Crippen LogP contribution in [0, 0.1) is 0 Å². The molecule has 0 aliphatic carbocycles. The topological polar surface area (TPSA) is 104 Å². The predicted octanol–water partition coefficient (Wildman–Crippen LogP) is 6.07. The number of carbonyl (C=O) groups excluding carboxylic acids is 1. The summed E-state index contributed by atoms with van der Waals surface area (Å²) in [5, 5.41) is 19.4. The lowest BCUT2D eigenvalue weighted by Crippen LogP contribution is -2.28. The summed E-state index contributed by atoms with van der Waals surface area (Å²) in [6.07, 6.45) is 22.6. The summed E-state index contributed by atoms with van der Waals surface area (Å²) in [6.45, 7) is -0.281. The summed E-state index contributed by atoms with van der Waals surface area (Å²) in [5.41, 5.74) is 0. The second-order valence-corrected chi connectivity index (χ2v) is 8.43. The minimum absolute atomic E-state index is 0.162. The van der Waals surface area contributed by atoms with Gasteiger partial charge in [-0.05, 0) is 12.8 Å². The number of carbonyl (C=O) groups is 3. The molecular formula is C24H45NO5. The monoisotopic (exact) mass is 427 g/mol. The van der Waals surface area contributed by atoms with Crippen molar-refractivity contribution < 1.29 is 24.6 Å². The van der Waals surface area contributed by atoms with Crippen molar-refractivity contribution in [3.8, 4) is 0 Å². The Balaban J connectivity index is 3.10. The van der Waals surface area contributed by atoms with E-state index < -0.39 is 11.9 Å². The van der Waals surface area contributed by atoms with Crippen molar-refractivity contribution in [2.24, 2.45) is 0 Å². The second kappa shape index (κ2) is 22.1. The molecule has 0 radical (unpaired) electrons. The first kappa shape index (κ1) is 28.4. The molecule has 3 N–H and O–H groups in total. The summed E-state index contributed by atoms with van der Waals surface area (Å²) in [6, 6.07) is 0. The van der Waals surface area contributed by atoms with Gasteiger partial charge in [0.05, 0.1) is 0 Å². The van der Waals surface area contributed by atoms with Crippen LogP contribution in [0.3, 0.4) is 0 Å². The molecule has 6 heteroatoms. The molecule has 0 spiro atoms. The maximum absolute atomic E-state index is 11.4. The van der Waals surface area contributed by atoms with Gasteiger partial charge in [0.2, 0.25) is 5.91 Å². The first-order valence-electron chi connectivity index (χ1n) is 12.2. The van der Waals surface area contributed by atoms with Crippen LogP contribution in [0.15, 0.2) is 0 Å². The van der Waals surface area contributed by atoms with Crippen LogP contribution >= 0.6 is 0 Å². The molecule has 0 aliphatic rings. The van der Waals surface area contributed by atoms with Gasteiger partial charge in [0.15, 0.2) is 0 Å². The van der Waals surface area contributed by atoms with Gasteiger partial charge in [0.1, 0.15) is 6.54 Å². The molecule has 0 rings (SSSR count). The van der Waals surface area contributed by atoms with E-state index in [2.05, 4.69) is 5.32 Å². The molecule has 0 saturated heterocycles. The lowest BCUT2D eigenvalue weighted by molar-refractivity contribution is -0.138. The van der Waals surface area contributed by atoms with Crippen LogP contribution < -0.4 is 5.32 Å². The van der Waals surface area contributed by atoms with Crippen LogP contribution in [0.2, 0.25) is 0 Å². The molecule has 6 nitrogen and oxygen atoms in total. The number of hydrogen-bond acceptors (Lipinski definition) is 3. The molecule has 0 bridgehead atoms. The third kappa shape index (κ3) is 24.4. The lowest BCUT2D eigenvalue weighted by atomic mass is 10.0. The average Bonchev–Trinajstić information content (AvgIpc) is 2.70. The van der Waals surface area contributed by atoms with Crippen LogP contribution in [-0.2, 0) is 14.4 Å². The summed E-state index contributed by atoms with van der Waals surface area (Å²) >= 11 is 0. The molecule has 1 amide bonds. The highest BCUT2D eigenvalue weighted by atomic mass is 16.4. The minimum atomic E-state index is -0.998. The Morgan fingerprint density at radius 1 is 0.433 bits per heavy atom. The zero-order valence-electron chi connectivity index (χ0n) is 19.0. The van der Waals surface area contributed by atoms with Gasteiger partial charge in [0.25, 0.3) is 0 Å². The van der Waals surface area contributed by atoms with Crippen molar-refractivity contribution in [1.29, 1.82) is 0 Å². The van der Waals surface area contributed by atoms with Crippen LogP contribution in [0.4, 0.5) is 0 Å². The number of hydrogen-bond donors (Lipinski definition) is 3. The van der Waals surface area contributed by atoms with Gasteiger partial charge in [0, 0.05) is 12.8 Å². The first-order valence-corrected chi connectivity index (χ1v) is 12.2. The van der Waals surface area contributed by atoms with E-state index in [1.54, 1.807) is 0 Å². The van der Waals surface area contributed by atoms with Crippen molar-refractivity contribution in [3.63, 3.8) is 0 Å². The van der Waals surface area contributed by atoms with E-state index in [9.17, 15) is 14.4 Å². The largest absolute Gasteiger partial charge is 0.481 e.